The third kappa shape index (κ3) is 4.13. The number of thioether (sulfide) groups is 1. The van der Waals surface area contributed by atoms with Gasteiger partial charge in [0.25, 0.3) is 0 Å². The molecule has 1 aromatic heterocycles. The molecule has 1 unspecified atom stereocenters. The van der Waals surface area contributed by atoms with Gasteiger partial charge in [0.2, 0.25) is 5.88 Å². The molecule has 0 radical (unpaired) electrons. The Morgan fingerprint density at radius 3 is 3.16 bits per heavy atom. The van der Waals surface area contributed by atoms with E-state index in [4.69, 9.17) is 4.74 Å². The van der Waals surface area contributed by atoms with Gasteiger partial charge in [-0.3, -0.25) is 4.99 Å². The van der Waals surface area contributed by atoms with E-state index in [1.54, 1.807) is 25.1 Å². The van der Waals surface area contributed by atoms with Gasteiger partial charge in [0.1, 0.15) is 0 Å². The summed E-state index contributed by atoms with van der Waals surface area (Å²) >= 11 is 1.81. The Morgan fingerprint density at radius 2 is 2.42 bits per heavy atom. The van der Waals surface area contributed by atoms with Crippen molar-refractivity contribution in [1.29, 1.82) is 0 Å². The van der Waals surface area contributed by atoms with E-state index in [9.17, 15) is 0 Å². The van der Waals surface area contributed by atoms with Crippen molar-refractivity contribution in [2.45, 2.75) is 32.9 Å². The van der Waals surface area contributed by atoms with Crippen molar-refractivity contribution in [3.63, 3.8) is 0 Å². The van der Waals surface area contributed by atoms with Gasteiger partial charge in [0.05, 0.1) is 13.7 Å². The largest absolute Gasteiger partial charge is 0.481 e. The van der Waals surface area contributed by atoms with Gasteiger partial charge in [0.15, 0.2) is 5.17 Å². The van der Waals surface area contributed by atoms with Crippen molar-refractivity contribution < 1.29 is 4.74 Å². The van der Waals surface area contributed by atoms with Gasteiger partial charge in [0, 0.05) is 24.1 Å². The Balaban J connectivity index is 1.97. The van der Waals surface area contributed by atoms with E-state index in [0.29, 0.717) is 24.4 Å². The van der Waals surface area contributed by atoms with Gasteiger partial charge >= 0.3 is 0 Å². The highest BCUT2D eigenvalue weighted by molar-refractivity contribution is 8.13. The Kier molecular flexibility index (Phi) is 5.07. The van der Waals surface area contributed by atoms with E-state index in [2.05, 4.69) is 29.1 Å². The van der Waals surface area contributed by atoms with Crippen LogP contribution in [0.5, 0.6) is 5.88 Å². The highest BCUT2D eigenvalue weighted by atomic mass is 32.2. The second kappa shape index (κ2) is 6.80. The molecule has 19 heavy (non-hydrogen) atoms. The molecule has 1 aliphatic heterocycles. The summed E-state index contributed by atoms with van der Waals surface area (Å²) in [6.07, 6.45) is 2.97. The molecule has 1 atom stereocenters. The summed E-state index contributed by atoms with van der Waals surface area (Å²) in [5.74, 6) is 2.43. The summed E-state index contributed by atoms with van der Waals surface area (Å²) in [5.41, 5.74) is 1.12. The lowest BCUT2D eigenvalue weighted by Gasteiger charge is -2.28. The number of aromatic nitrogens is 1. The zero-order valence-electron chi connectivity index (χ0n) is 11.7. The summed E-state index contributed by atoms with van der Waals surface area (Å²) in [6, 6.07) is 4.45. The van der Waals surface area contributed by atoms with Crippen molar-refractivity contribution in [2.75, 3.05) is 12.9 Å². The fourth-order valence-corrected chi connectivity index (χ4v) is 2.93. The van der Waals surface area contributed by atoms with Crippen LogP contribution in [-0.4, -0.2) is 29.1 Å². The molecule has 1 saturated heterocycles. The molecule has 0 amide bonds. The average Bonchev–Trinajstić information content (AvgIpc) is 2.45. The minimum Gasteiger partial charge on any atom is -0.481 e. The van der Waals surface area contributed by atoms with E-state index in [0.717, 1.165) is 16.5 Å². The number of pyridine rings is 1. The molecule has 1 aliphatic rings. The van der Waals surface area contributed by atoms with Crippen LogP contribution in [0.4, 0.5) is 0 Å². The molecule has 0 aromatic carbocycles. The Bertz CT molecular complexity index is 448. The maximum atomic E-state index is 5.11. The zero-order valence-corrected chi connectivity index (χ0v) is 12.5. The number of rotatable bonds is 4. The third-order valence-corrected chi connectivity index (χ3v) is 4.16. The summed E-state index contributed by atoms with van der Waals surface area (Å²) in [4.78, 5) is 8.74. The first-order valence-electron chi connectivity index (χ1n) is 6.61. The van der Waals surface area contributed by atoms with Gasteiger partial charge < -0.3 is 10.1 Å². The number of hydrogen-bond donors (Lipinski definition) is 1. The molecular formula is C14H21N3OS. The molecule has 1 aromatic rings. The van der Waals surface area contributed by atoms with E-state index in [1.165, 1.54) is 6.42 Å². The number of methoxy groups -OCH3 is 1. The smallest absolute Gasteiger partial charge is 0.213 e. The molecule has 1 fully saturated rings. The number of nitrogens with one attached hydrogen (secondary N) is 1. The molecule has 0 bridgehead atoms. The second-order valence-electron chi connectivity index (χ2n) is 4.96. The number of amidine groups is 1. The molecular weight excluding hydrogens is 258 g/mol. The minimum absolute atomic E-state index is 0.548. The molecule has 0 saturated carbocycles. The highest BCUT2D eigenvalue weighted by Gasteiger charge is 2.19. The fourth-order valence-electron chi connectivity index (χ4n) is 1.97. The van der Waals surface area contributed by atoms with Crippen LogP contribution in [0.25, 0.3) is 0 Å². The van der Waals surface area contributed by atoms with E-state index in [1.807, 2.05) is 12.1 Å². The van der Waals surface area contributed by atoms with Crippen molar-refractivity contribution >= 4 is 16.9 Å². The SMILES string of the molecule is COc1cc(CN=C2NC(C(C)C)CCS2)ccn1. The average molecular weight is 279 g/mol. The lowest BCUT2D eigenvalue weighted by molar-refractivity contribution is 0.397. The Morgan fingerprint density at radius 1 is 1.58 bits per heavy atom. The predicted octanol–water partition coefficient (Wildman–Crippen LogP) is 2.70. The monoisotopic (exact) mass is 279 g/mol. The van der Waals surface area contributed by atoms with Crippen molar-refractivity contribution in [2.24, 2.45) is 10.9 Å². The summed E-state index contributed by atoms with van der Waals surface area (Å²) in [6.45, 7) is 5.16. The molecule has 104 valence electrons. The Hall–Kier alpha value is -1.23. The van der Waals surface area contributed by atoms with Crippen LogP contribution in [0, 0.1) is 5.92 Å². The van der Waals surface area contributed by atoms with Gasteiger partial charge in [-0.1, -0.05) is 25.6 Å². The van der Waals surface area contributed by atoms with Gasteiger partial charge in [-0.15, -0.1) is 0 Å². The summed E-state index contributed by atoms with van der Waals surface area (Å²) < 4.78 is 5.11. The number of aliphatic imine (C=N–C) groups is 1. The van der Waals surface area contributed by atoms with Crippen LogP contribution in [-0.2, 0) is 6.54 Å². The van der Waals surface area contributed by atoms with Gasteiger partial charge in [-0.05, 0) is 24.0 Å². The molecule has 4 nitrogen and oxygen atoms in total. The first kappa shape index (κ1) is 14.2. The second-order valence-corrected chi connectivity index (χ2v) is 6.04. The predicted molar refractivity (Wildman–Crippen MR) is 80.8 cm³/mol. The van der Waals surface area contributed by atoms with Crippen LogP contribution < -0.4 is 10.1 Å². The highest BCUT2D eigenvalue weighted by Crippen LogP contribution is 2.19. The van der Waals surface area contributed by atoms with Crippen molar-refractivity contribution in [3.8, 4) is 5.88 Å². The van der Waals surface area contributed by atoms with Crippen LogP contribution in [0.2, 0.25) is 0 Å². The van der Waals surface area contributed by atoms with Crippen LogP contribution in [0.15, 0.2) is 23.3 Å². The van der Waals surface area contributed by atoms with Crippen LogP contribution in [0.1, 0.15) is 25.8 Å². The normalized spacial score (nSPS) is 21.5. The Labute approximate surface area is 119 Å². The van der Waals surface area contributed by atoms with Gasteiger partial charge in [-0.2, -0.15) is 0 Å². The fraction of sp³-hybridized carbons (Fsp3) is 0.571. The van der Waals surface area contributed by atoms with E-state index in [-0.39, 0.29) is 0 Å². The molecule has 1 N–H and O–H groups in total. The van der Waals surface area contributed by atoms with Crippen molar-refractivity contribution in [3.05, 3.63) is 23.9 Å². The number of hydrogen-bond acceptors (Lipinski definition) is 4. The minimum atomic E-state index is 0.548. The van der Waals surface area contributed by atoms with Crippen LogP contribution in [0.3, 0.4) is 0 Å². The topological polar surface area (TPSA) is 46.5 Å². The quantitative estimate of drug-likeness (QED) is 0.920. The maximum absolute atomic E-state index is 5.11. The summed E-state index contributed by atoms with van der Waals surface area (Å²) in [5, 5.41) is 4.57. The molecule has 2 rings (SSSR count). The molecule has 0 aliphatic carbocycles. The lowest BCUT2D eigenvalue weighted by Crippen LogP contribution is -2.41. The zero-order chi connectivity index (χ0) is 13.7. The van der Waals surface area contributed by atoms with Crippen molar-refractivity contribution in [1.82, 2.24) is 10.3 Å². The molecule has 5 heteroatoms. The lowest BCUT2D eigenvalue weighted by atomic mass is 10.0. The van der Waals surface area contributed by atoms with E-state index < -0.39 is 0 Å². The van der Waals surface area contributed by atoms with Crippen LogP contribution >= 0.6 is 11.8 Å². The number of ether oxygens (including phenoxy) is 1. The first-order chi connectivity index (χ1) is 9.19. The maximum Gasteiger partial charge on any atom is 0.213 e. The first-order valence-corrected chi connectivity index (χ1v) is 7.60. The molecule has 2 heterocycles. The van der Waals surface area contributed by atoms with E-state index >= 15 is 0 Å². The molecule has 0 spiro atoms. The van der Waals surface area contributed by atoms with Gasteiger partial charge in [-0.25, -0.2) is 4.98 Å². The summed E-state index contributed by atoms with van der Waals surface area (Å²) in [7, 11) is 1.63. The standard InChI is InChI=1S/C14H21N3OS/c1-10(2)12-5-7-19-14(17-12)16-9-11-4-6-15-13(8-11)18-3/h4,6,8,10,12H,5,7,9H2,1-3H3,(H,16,17). The number of nitrogens with zero attached hydrogens (tertiary/aromatic N) is 2. The third-order valence-electron chi connectivity index (χ3n) is 3.19.